The van der Waals surface area contributed by atoms with Crippen molar-refractivity contribution in [2.24, 2.45) is 0 Å². The van der Waals surface area contributed by atoms with Gasteiger partial charge in [0.1, 0.15) is 0 Å². The van der Waals surface area contributed by atoms with E-state index in [0.29, 0.717) is 17.4 Å². The van der Waals surface area contributed by atoms with Gasteiger partial charge >= 0.3 is 6.18 Å². The molecule has 0 atom stereocenters. The van der Waals surface area contributed by atoms with Crippen molar-refractivity contribution < 1.29 is 32.0 Å². The molecule has 36 heavy (non-hydrogen) atoms. The van der Waals surface area contributed by atoms with Crippen molar-refractivity contribution in [2.75, 3.05) is 10.6 Å². The molecule has 0 spiro atoms. The molecule has 4 rings (SSSR count). The van der Waals surface area contributed by atoms with Crippen LogP contribution in [-0.4, -0.2) is 27.4 Å². The van der Waals surface area contributed by atoms with Crippen LogP contribution in [0, 0.1) is 13.8 Å². The molecule has 2 heterocycles. The van der Waals surface area contributed by atoms with Crippen molar-refractivity contribution in [2.45, 2.75) is 20.0 Å². The summed E-state index contributed by atoms with van der Waals surface area (Å²) in [7, 11) is 0. The largest absolute Gasteiger partial charge is 0.459 e. The zero-order valence-corrected chi connectivity index (χ0v) is 19.0. The smallest absolute Gasteiger partial charge is 0.418 e. The number of amides is 2. The van der Waals surface area contributed by atoms with E-state index in [1.807, 2.05) is 0 Å². The van der Waals surface area contributed by atoms with Gasteiger partial charge in [-0.05, 0) is 56.3 Å². The summed E-state index contributed by atoms with van der Waals surface area (Å²) in [6.07, 6.45) is -3.64. The lowest BCUT2D eigenvalue weighted by atomic mass is 10.1. The van der Waals surface area contributed by atoms with Gasteiger partial charge in [-0.25, -0.2) is 4.68 Å². The first-order chi connectivity index (χ1) is 17.1. The molecule has 2 aromatic carbocycles. The summed E-state index contributed by atoms with van der Waals surface area (Å²) in [4.78, 5) is 37.7. The SMILES string of the molecule is Cc1nn(-c2ccccc2)c(C)c1C(=O)C(=O)Nc1ccc(NC(=O)c2ccco2)cc1C(F)(F)F. The number of anilines is 2. The van der Waals surface area contributed by atoms with E-state index in [-0.39, 0.29) is 22.7 Å². The summed E-state index contributed by atoms with van der Waals surface area (Å²) in [5.74, 6) is -3.13. The van der Waals surface area contributed by atoms with Gasteiger partial charge in [0.2, 0.25) is 0 Å². The number of Topliss-reactive ketones (excluding diaryl/α,β-unsaturated/α-hetero) is 1. The molecule has 0 aliphatic carbocycles. The lowest BCUT2D eigenvalue weighted by Crippen LogP contribution is -2.25. The molecule has 0 saturated heterocycles. The number of hydrogen-bond acceptors (Lipinski definition) is 5. The van der Waals surface area contributed by atoms with Crippen molar-refractivity contribution in [3.05, 3.63) is 95.2 Å². The van der Waals surface area contributed by atoms with Gasteiger partial charge in [-0.15, -0.1) is 0 Å². The highest BCUT2D eigenvalue weighted by Gasteiger charge is 2.35. The number of halogens is 3. The molecule has 11 heteroatoms. The van der Waals surface area contributed by atoms with Crippen LogP contribution in [-0.2, 0) is 11.0 Å². The number of hydrogen-bond donors (Lipinski definition) is 2. The Morgan fingerprint density at radius 1 is 0.944 bits per heavy atom. The standard InChI is InChI=1S/C25H19F3N4O4/c1-14-21(15(2)32(31-14)17-7-4-3-5-8-17)22(33)24(35)30-19-11-10-16(13-18(19)25(26,27)28)29-23(34)20-9-6-12-36-20/h3-13H,1-2H3,(H,29,34)(H,30,35). The van der Waals surface area contributed by atoms with Crippen LogP contribution in [0.4, 0.5) is 24.5 Å². The zero-order valence-electron chi connectivity index (χ0n) is 19.0. The van der Waals surface area contributed by atoms with Crippen molar-refractivity contribution >= 4 is 29.0 Å². The van der Waals surface area contributed by atoms with E-state index >= 15 is 0 Å². The first-order valence-electron chi connectivity index (χ1n) is 10.6. The first kappa shape index (κ1) is 24.5. The van der Waals surface area contributed by atoms with Crippen LogP contribution >= 0.6 is 0 Å². The maximum atomic E-state index is 13.8. The summed E-state index contributed by atoms with van der Waals surface area (Å²) in [6.45, 7) is 3.12. The highest BCUT2D eigenvalue weighted by atomic mass is 19.4. The minimum atomic E-state index is -4.89. The Hall–Kier alpha value is -4.67. The van der Waals surface area contributed by atoms with Gasteiger partial charge in [0.05, 0.1) is 40.2 Å². The number of furan rings is 1. The Kier molecular flexibility index (Phi) is 6.47. The van der Waals surface area contributed by atoms with E-state index in [9.17, 15) is 27.6 Å². The van der Waals surface area contributed by atoms with E-state index in [1.54, 1.807) is 37.3 Å². The third kappa shape index (κ3) is 4.90. The maximum Gasteiger partial charge on any atom is 0.418 e. The van der Waals surface area contributed by atoms with E-state index in [4.69, 9.17) is 4.42 Å². The van der Waals surface area contributed by atoms with Crippen molar-refractivity contribution in [1.82, 2.24) is 9.78 Å². The highest BCUT2D eigenvalue weighted by molar-refractivity contribution is 6.47. The molecule has 2 amide bonds. The van der Waals surface area contributed by atoms with Gasteiger partial charge < -0.3 is 15.1 Å². The lowest BCUT2D eigenvalue weighted by molar-refractivity contribution is -0.136. The van der Waals surface area contributed by atoms with Crippen LogP contribution in [0.15, 0.2) is 71.3 Å². The summed E-state index contributed by atoms with van der Waals surface area (Å²) in [6, 6.07) is 14.5. The van der Waals surface area contributed by atoms with Crippen LogP contribution in [0.2, 0.25) is 0 Å². The van der Waals surface area contributed by atoms with Crippen molar-refractivity contribution in [3.63, 3.8) is 0 Å². The number of carbonyl (C=O) groups is 3. The second-order valence-corrected chi connectivity index (χ2v) is 7.77. The van der Waals surface area contributed by atoms with Crippen LogP contribution < -0.4 is 10.6 Å². The third-order valence-electron chi connectivity index (χ3n) is 5.30. The van der Waals surface area contributed by atoms with E-state index in [2.05, 4.69) is 15.7 Å². The zero-order chi connectivity index (χ0) is 26.0. The Balaban J connectivity index is 1.59. The van der Waals surface area contributed by atoms with E-state index < -0.39 is 35.0 Å². The number of alkyl halides is 3. The van der Waals surface area contributed by atoms with E-state index in [1.165, 1.54) is 36.1 Å². The van der Waals surface area contributed by atoms with Crippen molar-refractivity contribution in [3.8, 4) is 5.69 Å². The average molecular weight is 496 g/mol. The minimum absolute atomic E-state index is 0.00718. The van der Waals surface area contributed by atoms with Gasteiger partial charge in [0.15, 0.2) is 5.76 Å². The number of para-hydroxylation sites is 1. The van der Waals surface area contributed by atoms with E-state index in [0.717, 1.165) is 6.07 Å². The lowest BCUT2D eigenvalue weighted by Gasteiger charge is -2.15. The van der Waals surface area contributed by atoms with Crippen molar-refractivity contribution in [1.29, 1.82) is 0 Å². The molecule has 0 radical (unpaired) electrons. The molecule has 4 aromatic rings. The van der Waals surface area contributed by atoms with Gasteiger partial charge in [-0.1, -0.05) is 18.2 Å². The Morgan fingerprint density at radius 3 is 2.31 bits per heavy atom. The topological polar surface area (TPSA) is 106 Å². The summed E-state index contributed by atoms with van der Waals surface area (Å²) in [5.41, 5.74) is -0.786. The molecular weight excluding hydrogens is 477 g/mol. The predicted octanol–water partition coefficient (Wildman–Crippen LogP) is 5.17. The van der Waals surface area contributed by atoms with Crippen LogP contribution in [0.5, 0.6) is 0 Å². The van der Waals surface area contributed by atoms with Gasteiger partial charge in [-0.2, -0.15) is 18.3 Å². The molecule has 0 aliphatic heterocycles. The van der Waals surface area contributed by atoms with Gasteiger partial charge in [0, 0.05) is 5.69 Å². The Morgan fingerprint density at radius 2 is 1.67 bits per heavy atom. The molecular formula is C25H19F3N4O4. The number of nitrogens with zero attached hydrogens (tertiary/aromatic N) is 2. The summed E-state index contributed by atoms with van der Waals surface area (Å²) < 4.78 is 47.7. The van der Waals surface area contributed by atoms with Crippen LogP contribution in [0.25, 0.3) is 5.69 Å². The second kappa shape index (κ2) is 9.53. The summed E-state index contributed by atoms with van der Waals surface area (Å²) in [5, 5.41) is 8.64. The fourth-order valence-corrected chi connectivity index (χ4v) is 3.65. The predicted molar refractivity (Wildman–Crippen MR) is 124 cm³/mol. The molecule has 0 saturated carbocycles. The number of benzene rings is 2. The number of rotatable bonds is 6. The van der Waals surface area contributed by atoms with Gasteiger partial charge in [0.25, 0.3) is 17.6 Å². The molecule has 2 aromatic heterocycles. The number of aromatic nitrogens is 2. The summed E-state index contributed by atoms with van der Waals surface area (Å²) >= 11 is 0. The maximum absolute atomic E-state index is 13.8. The first-order valence-corrected chi connectivity index (χ1v) is 10.6. The molecule has 0 unspecified atom stereocenters. The second-order valence-electron chi connectivity index (χ2n) is 7.77. The molecule has 184 valence electrons. The minimum Gasteiger partial charge on any atom is -0.459 e. The Labute approximate surface area is 202 Å². The van der Waals surface area contributed by atoms with Gasteiger partial charge in [-0.3, -0.25) is 14.4 Å². The Bertz CT molecular complexity index is 1440. The number of aryl methyl sites for hydroxylation is 1. The molecule has 0 fully saturated rings. The fraction of sp³-hybridized carbons (Fsp3) is 0.120. The molecule has 0 aliphatic rings. The highest BCUT2D eigenvalue weighted by Crippen LogP contribution is 2.37. The normalized spacial score (nSPS) is 11.2. The number of ketones is 1. The number of nitrogens with one attached hydrogen (secondary N) is 2. The molecule has 8 nitrogen and oxygen atoms in total. The quantitative estimate of drug-likeness (QED) is 0.283. The van der Waals surface area contributed by atoms with Crippen LogP contribution in [0.3, 0.4) is 0 Å². The fourth-order valence-electron chi connectivity index (χ4n) is 3.65. The third-order valence-corrected chi connectivity index (χ3v) is 5.30. The van der Waals surface area contributed by atoms with Crippen LogP contribution in [0.1, 0.15) is 37.9 Å². The average Bonchev–Trinajstić information content (AvgIpc) is 3.48. The number of carbonyl (C=O) groups excluding carboxylic acids is 3. The molecule has 2 N–H and O–H groups in total. The molecule has 0 bridgehead atoms. The monoisotopic (exact) mass is 496 g/mol.